The Kier molecular flexibility index (Phi) is 6.49. The molecule has 1 saturated carbocycles. The van der Waals surface area contributed by atoms with Gasteiger partial charge in [-0.05, 0) is 78.1 Å². The molecule has 0 unspecified atom stereocenters. The maximum Gasteiger partial charge on any atom is 0.224 e. The Bertz CT molecular complexity index is 693. The van der Waals surface area contributed by atoms with Gasteiger partial charge in [-0.25, -0.2) is 9.97 Å². The van der Waals surface area contributed by atoms with Gasteiger partial charge in [0.25, 0.3) is 0 Å². The molecule has 1 aromatic heterocycles. The van der Waals surface area contributed by atoms with E-state index >= 15 is 0 Å². The molecule has 2 aromatic rings. The Balaban J connectivity index is 1.65. The Labute approximate surface area is 160 Å². The van der Waals surface area contributed by atoms with Crippen LogP contribution in [0.2, 0.25) is 5.28 Å². The molecule has 130 valence electrons. The molecule has 0 spiro atoms. The molecule has 24 heavy (non-hydrogen) atoms. The number of nitrogens with zero attached hydrogens (tertiary/aromatic N) is 2. The van der Waals surface area contributed by atoms with Crippen LogP contribution in [0, 0.1) is 3.57 Å². The summed E-state index contributed by atoms with van der Waals surface area (Å²) >= 11 is 8.38. The van der Waals surface area contributed by atoms with Crippen molar-refractivity contribution in [2.24, 2.45) is 0 Å². The summed E-state index contributed by atoms with van der Waals surface area (Å²) in [7, 11) is 1.70. The van der Waals surface area contributed by atoms with E-state index in [2.05, 4.69) is 43.9 Å². The molecule has 0 bridgehead atoms. The third-order valence-corrected chi connectivity index (χ3v) is 5.13. The summed E-state index contributed by atoms with van der Waals surface area (Å²) in [6.45, 7) is 1.33. The van der Waals surface area contributed by atoms with Gasteiger partial charge in [0.05, 0.1) is 24.8 Å². The number of anilines is 1. The number of methoxy groups -OCH3 is 1. The molecule has 1 heterocycles. The van der Waals surface area contributed by atoms with E-state index in [-0.39, 0.29) is 5.28 Å². The number of fused-ring (bicyclic) bond motifs is 1. The minimum atomic E-state index is 0.280. The van der Waals surface area contributed by atoms with Crippen LogP contribution in [-0.2, 0) is 9.47 Å². The van der Waals surface area contributed by atoms with Crippen molar-refractivity contribution in [2.75, 3.05) is 25.6 Å². The topological polar surface area (TPSA) is 56.3 Å². The summed E-state index contributed by atoms with van der Waals surface area (Å²) in [4.78, 5) is 8.71. The molecule has 0 amide bonds. The van der Waals surface area contributed by atoms with Gasteiger partial charge in [-0.1, -0.05) is 0 Å². The normalized spacial score (nSPS) is 21.1. The fourth-order valence-electron chi connectivity index (χ4n) is 3.05. The molecule has 0 atom stereocenters. The van der Waals surface area contributed by atoms with E-state index in [1.807, 2.05) is 12.1 Å². The van der Waals surface area contributed by atoms with Crippen LogP contribution in [0.25, 0.3) is 10.9 Å². The van der Waals surface area contributed by atoms with Gasteiger partial charge in [-0.3, -0.25) is 0 Å². The van der Waals surface area contributed by atoms with Crippen molar-refractivity contribution in [1.82, 2.24) is 9.97 Å². The van der Waals surface area contributed by atoms with Crippen molar-refractivity contribution < 1.29 is 9.47 Å². The van der Waals surface area contributed by atoms with E-state index in [1.54, 1.807) is 7.11 Å². The van der Waals surface area contributed by atoms with Gasteiger partial charge in [0, 0.05) is 22.1 Å². The first kappa shape index (κ1) is 18.1. The molecule has 0 saturated heterocycles. The Morgan fingerprint density at radius 3 is 2.75 bits per heavy atom. The standard InChI is InChI=1S/C17H21ClIN3O2/c1-23-8-9-24-13-5-3-12(4-6-13)20-16-14-10-11(19)2-7-15(14)21-17(18)22-16/h2,7,10,12-13H,3-6,8-9H2,1H3,(H,20,21,22)/t12-,13+. The number of halogens is 2. The lowest BCUT2D eigenvalue weighted by Gasteiger charge is -2.29. The lowest BCUT2D eigenvalue weighted by molar-refractivity contribution is -0.00155. The van der Waals surface area contributed by atoms with Gasteiger partial charge in [0.2, 0.25) is 5.28 Å². The highest BCUT2D eigenvalue weighted by Gasteiger charge is 2.22. The lowest BCUT2D eigenvalue weighted by Crippen LogP contribution is -2.30. The second kappa shape index (κ2) is 8.60. The van der Waals surface area contributed by atoms with Crippen molar-refractivity contribution in [1.29, 1.82) is 0 Å². The van der Waals surface area contributed by atoms with Gasteiger partial charge in [0.15, 0.2) is 0 Å². The smallest absolute Gasteiger partial charge is 0.224 e. The maximum atomic E-state index is 6.08. The van der Waals surface area contributed by atoms with Crippen LogP contribution in [0.3, 0.4) is 0 Å². The van der Waals surface area contributed by atoms with Crippen LogP contribution in [0.4, 0.5) is 5.82 Å². The minimum Gasteiger partial charge on any atom is -0.382 e. The van der Waals surface area contributed by atoms with E-state index in [9.17, 15) is 0 Å². The minimum absolute atomic E-state index is 0.280. The third kappa shape index (κ3) is 4.68. The number of benzene rings is 1. The predicted octanol–water partition coefficient (Wildman–Crippen LogP) is 4.27. The fourth-order valence-corrected chi connectivity index (χ4v) is 3.71. The van der Waals surface area contributed by atoms with Gasteiger partial charge < -0.3 is 14.8 Å². The largest absolute Gasteiger partial charge is 0.382 e. The van der Waals surface area contributed by atoms with E-state index in [4.69, 9.17) is 21.1 Å². The SMILES string of the molecule is COCCO[C@H]1CC[C@@H](Nc2nc(Cl)nc3ccc(I)cc23)CC1. The fraction of sp³-hybridized carbons (Fsp3) is 0.529. The van der Waals surface area contributed by atoms with E-state index in [0.29, 0.717) is 25.4 Å². The van der Waals surface area contributed by atoms with Crippen molar-refractivity contribution in [3.8, 4) is 0 Å². The van der Waals surface area contributed by atoms with Gasteiger partial charge in [-0.2, -0.15) is 0 Å². The van der Waals surface area contributed by atoms with Crippen molar-refractivity contribution >= 4 is 50.9 Å². The molecule has 1 aromatic carbocycles. The zero-order chi connectivity index (χ0) is 16.9. The van der Waals surface area contributed by atoms with Crippen LogP contribution in [0.15, 0.2) is 18.2 Å². The van der Waals surface area contributed by atoms with Gasteiger partial charge in [-0.15, -0.1) is 0 Å². The summed E-state index contributed by atoms with van der Waals surface area (Å²) in [5.74, 6) is 0.826. The average Bonchev–Trinajstić information content (AvgIpc) is 2.57. The molecule has 0 radical (unpaired) electrons. The van der Waals surface area contributed by atoms with Crippen LogP contribution < -0.4 is 5.32 Å². The monoisotopic (exact) mass is 461 g/mol. The van der Waals surface area contributed by atoms with Gasteiger partial charge in [0.1, 0.15) is 5.82 Å². The number of nitrogens with one attached hydrogen (secondary N) is 1. The molecular formula is C17H21ClIN3O2. The van der Waals surface area contributed by atoms with Gasteiger partial charge >= 0.3 is 0 Å². The van der Waals surface area contributed by atoms with Crippen LogP contribution >= 0.6 is 34.2 Å². The first-order chi connectivity index (χ1) is 11.7. The average molecular weight is 462 g/mol. The number of hydrogen-bond donors (Lipinski definition) is 1. The molecule has 1 aliphatic rings. The lowest BCUT2D eigenvalue weighted by atomic mass is 9.93. The second-order valence-electron chi connectivity index (χ2n) is 5.98. The van der Waals surface area contributed by atoms with Crippen molar-refractivity contribution in [3.05, 3.63) is 27.1 Å². The third-order valence-electron chi connectivity index (χ3n) is 4.29. The van der Waals surface area contributed by atoms with Crippen molar-refractivity contribution in [3.63, 3.8) is 0 Å². The summed E-state index contributed by atoms with van der Waals surface area (Å²) in [6.07, 6.45) is 4.56. The summed E-state index contributed by atoms with van der Waals surface area (Å²) in [6, 6.07) is 6.49. The molecule has 1 aliphatic carbocycles. The summed E-state index contributed by atoms with van der Waals surface area (Å²) in [5.41, 5.74) is 0.870. The highest BCUT2D eigenvalue weighted by atomic mass is 127. The zero-order valence-corrected chi connectivity index (χ0v) is 16.5. The first-order valence-corrected chi connectivity index (χ1v) is 9.61. The number of aromatic nitrogens is 2. The molecular weight excluding hydrogens is 441 g/mol. The van der Waals surface area contributed by atoms with E-state index in [1.165, 1.54) is 0 Å². The predicted molar refractivity (Wildman–Crippen MR) is 105 cm³/mol. The number of hydrogen-bond acceptors (Lipinski definition) is 5. The quantitative estimate of drug-likeness (QED) is 0.395. The highest BCUT2D eigenvalue weighted by molar-refractivity contribution is 14.1. The van der Waals surface area contributed by atoms with Crippen molar-refractivity contribution in [2.45, 2.75) is 37.8 Å². The van der Waals surface area contributed by atoms with E-state index in [0.717, 1.165) is 46.0 Å². The van der Waals surface area contributed by atoms with Crippen LogP contribution in [0.1, 0.15) is 25.7 Å². The molecule has 1 N–H and O–H groups in total. The molecule has 0 aliphatic heterocycles. The Morgan fingerprint density at radius 2 is 2.00 bits per heavy atom. The number of ether oxygens (including phenoxy) is 2. The number of rotatable bonds is 6. The summed E-state index contributed by atoms with van der Waals surface area (Å²) < 4.78 is 12.0. The zero-order valence-electron chi connectivity index (χ0n) is 13.6. The molecule has 1 fully saturated rings. The maximum absolute atomic E-state index is 6.08. The Morgan fingerprint density at radius 1 is 1.21 bits per heavy atom. The van der Waals surface area contributed by atoms with Crippen LogP contribution in [-0.4, -0.2) is 42.4 Å². The molecule has 3 rings (SSSR count). The second-order valence-corrected chi connectivity index (χ2v) is 7.57. The molecule has 5 nitrogen and oxygen atoms in total. The highest BCUT2D eigenvalue weighted by Crippen LogP contribution is 2.28. The summed E-state index contributed by atoms with van der Waals surface area (Å²) in [5, 5.41) is 4.86. The Hall–Kier alpha value is -0.700. The first-order valence-electron chi connectivity index (χ1n) is 8.15. The van der Waals surface area contributed by atoms with Crippen LogP contribution in [0.5, 0.6) is 0 Å². The molecule has 7 heteroatoms. The van der Waals surface area contributed by atoms with E-state index < -0.39 is 0 Å².